The van der Waals surface area contributed by atoms with Gasteiger partial charge in [0.05, 0.1) is 0 Å². The van der Waals surface area contributed by atoms with Crippen molar-refractivity contribution in [2.75, 3.05) is 36.4 Å². The van der Waals surface area contributed by atoms with Gasteiger partial charge >= 0.3 is 6.09 Å². The van der Waals surface area contributed by atoms with E-state index >= 15 is 0 Å². The largest absolute Gasteiger partial charge is 0.444 e. The van der Waals surface area contributed by atoms with E-state index in [1.54, 1.807) is 39.8 Å². The normalized spacial score (nSPS) is 15.3. The second-order valence-corrected chi connectivity index (χ2v) is 6.40. The minimum Gasteiger partial charge on any atom is -0.444 e. The first-order valence-electron chi connectivity index (χ1n) is 7.59. The Kier molecular flexibility index (Phi) is 5.02. The molecule has 2 rings (SSSR count). The molecule has 2 heterocycles. The lowest BCUT2D eigenvalue weighted by Crippen LogP contribution is -2.48. The molecule has 1 aliphatic rings. The molecule has 0 bridgehead atoms. The van der Waals surface area contributed by atoms with Gasteiger partial charge in [0.2, 0.25) is 5.91 Å². The van der Waals surface area contributed by atoms with Crippen molar-refractivity contribution in [2.45, 2.75) is 33.3 Å². The number of ether oxygens (including phenoxy) is 1. The second-order valence-electron chi connectivity index (χ2n) is 6.40. The zero-order valence-corrected chi connectivity index (χ0v) is 14.0. The maximum Gasteiger partial charge on any atom is 0.413 e. The molecule has 23 heavy (non-hydrogen) atoms. The van der Waals surface area contributed by atoms with E-state index in [0.717, 1.165) is 5.82 Å². The molecule has 0 spiro atoms. The number of aromatic nitrogens is 2. The van der Waals surface area contributed by atoms with Crippen LogP contribution in [0, 0.1) is 0 Å². The predicted molar refractivity (Wildman–Crippen MR) is 86.4 cm³/mol. The van der Waals surface area contributed by atoms with E-state index in [0.29, 0.717) is 32.0 Å². The lowest BCUT2D eigenvalue weighted by molar-refractivity contribution is -0.129. The third-order valence-electron chi connectivity index (χ3n) is 3.33. The van der Waals surface area contributed by atoms with Crippen LogP contribution in [-0.4, -0.2) is 58.9 Å². The van der Waals surface area contributed by atoms with Crippen LogP contribution in [0.2, 0.25) is 0 Å². The van der Waals surface area contributed by atoms with Crippen molar-refractivity contribution in [3.63, 3.8) is 0 Å². The lowest BCUT2D eigenvalue weighted by atomic mass is 10.2. The highest BCUT2D eigenvalue weighted by atomic mass is 16.6. The van der Waals surface area contributed by atoms with Gasteiger partial charge < -0.3 is 14.5 Å². The molecule has 0 saturated carbocycles. The van der Waals surface area contributed by atoms with E-state index in [9.17, 15) is 9.59 Å². The fraction of sp³-hybridized carbons (Fsp3) is 0.600. The molecule has 0 atom stereocenters. The average Bonchev–Trinajstić information content (AvgIpc) is 2.46. The summed E-state index contributed by atoms with van der Waals surface area (Å²) in [6, 6.07) is 3.48. The highest BCUT2D eigenvalue weighted by Gasteiger charge is 2.20. The van der Waals surface area contributed by atoms with Gasteiger partial charge in [-0.15, -0.1) is 10.2 Å². The summed E-state index contributed by atoms with van der Waals surface area (Å²) < 4.78 is 5.16. The molecule has 1 aromatic heterocycles. The summed E-state index contributed by atoms with van der Waals surface area (Å²) in [5.74, 6) is 1.15. The Morgan fingerprint density at radius 2 is 1.78 bits per heavy atom. The molecule has 8 heteroatoms. The van der Waals surface area contributed by atoms with Crippen LogP contribution in [0.3, 0.4) is 0 Å². The summed E-state index contributed by atoms with van der Waals surface area (Å²) in [5.41, 5.74) is -0.562. The molecule has 1 aliphatic heterocycles. The van der Waals surface area contributed by atoms with Crippen molar-refractivity contribution < 1.29 is 14.3 Å². The number of piperazine rings is 1. The van der Waals surface area contributed by atoms with Gasteiger partial charge in [-0.05, 0) is 32.9 Å². The van der Waals surface area contributed by atoms with Crippen molar-refractivity contribution >= 4 is 23.6 Å². The van der Waals surface area contributed by atoms with Crippen LogP contribution in [0.1, 0.15) is 27.7 Å². The van der Waals surface area contributed by atoms with Crippen LogP contribution < -0.4 is 10.2 Å². The van der Waals surface area contributed by atoms with Crippen molar-refractivity contribution in [1.82, 2.24) is 15.1 Å². The molecule has 0 aromatic carbocycles. The Labute approximate surface area is 135 Å². The van der Waals surface area contributed by atoms with Gasteiger partial charge in [0, 0.05) is 33.1 Å². The number of hydrogen-bond donors (Lipinski definition) is 1. The van der Waals surface area contributed by atoms with Gasteiger partial charge in [0.15, 0.2) is 11.6 Å². The number of nitrogens with one attached hydrogen (secondary N) is 1. The number of carbonyl (C=O) groups excluding carboxylic acids is 2. The number of rotatable bonds is 2. The Morgan fingerprint density at radius 3 is 2.26 bits per heavy atom. The first-order chi connectivity index (χ1) is 10.7. The van der Waals surface area contributed by atoms with Crippen molar-refractivity contribution in [2.24, 2.45) is 0 Å². The summed E-state index contributed by atoms with van der Waals surface area (Å²) in [4.78, 5) is 26.8. The Bertz CT molecular complexity index is 559. The summed E-state index contributed by atoms with van der Waals surface area (Å²) in [5, 5.41) is 10.7. The quantitative estimate of drug-likeness (QED) is 0.888. The van der Waals surface area contributed by atoms with Crippen molar-refractivity contribution in [3.05, 3.63) is 12.1 Å². The third-order valence-corrected chi connectivity index (χ3v) is 3.33. The molecule has 8 nitrogen and oxygen atoms in total. The molecule has 1 fully saturated rings. The molecule has 1 aromatic rings. The molecule has 0 aliphatic carbocycles. The van der Waals surface area contributed by atoms with Crippen molar-refractivity contribution in [3.8, 4) is 0 Å². The van der Waals surface area contributed by atoms with E-state index in [-0.39, 0.29) is 5.91 Å². The van der Waals surface area contributed by atoms with E-state index < -0.39 is 11.7 Å². The van der Waals surface area contributed by atoms with Crippen LogP contribution in [0.5, 0.6) is 0 Å². The van der Waals surface area contributed by atoms with Crippen LogP contribution in [0.4, 0.5) is 16.4 Å². The molecule has 0 unspecified atom stereocenters. The van der Waals surface area contributed by atoms with Gasteiger partial charge in [0.1, 0.15) is 5.60 Å². The predicted octanol–water partition coefficient (Wildman–Crippen LogP) is 1.49. The molecular formula is C15H23N5O3. The smallest absolute Gasteiger partial charge is 0.413 e. The number of amides is 2. The maximum absolute atomic E-state index is 11.7. The standard InChI is InChI=1S/C15H23N5O3/c1-11(21)19-7-9-20(10-8-19)13-6-5-12(17-18-13)16-14(22)23-15(2,3)4/h5-6H,7-10H2,1-4H3,(H,16,17,22). The summed E-state index contributed by atoms with van der Waals surface area (Å²) in [6.07, 6.45) is -0.561. The van der Waals surface area contributed by atoms with E-state index in [1.165, 1.54) is 0 Å². The fourth-order valence-corrected chi connectivity index (χ4v) is 2.22. The monoisotopic (exact) mass is 321 g/mol. The van der Waals surface area contributed by atoms with E-state index in [4.69, 9.17) is 4.74 Å². The average molecular weight is 321 g/mol. The zero-order valence-electron chi connectivity index (χ0n) is 14.0. The summed E-state index contributed by atoms with van der Waals surface area (Å²) in [7, 11) is 0. The van der Waals surface area contributed by atoms with Gasteiger partial charge in [0.25, 0.3) is 0 Å². The maximum atomic E-state index is 11.7. The highest BCUT2D eigenvalue weighted by molar-refractivity contribution is 5.83. The molecule has 1 N–H and O–H groups in total. The second kappa shape index (κ2) is 6.80. The number of nitrogens with zero attached hydrogens (tertiary/aromatic N) is 4. The summed E-state index contributed by atoms with van der Waals surface area (Å²) >= 11 is 0. The molecule has 1 saturated heterocycles. The van der Waals surface area contributed by atoms with Crippen LogP contribution >= 0.6 is 0 Å². The van der Waals surface area contributed by atoms with Crippen molar-refractivity contribution in [1.29, 1.82) is 0 Å². The van der Waals surface area contributed by atoms with E-state index in [1.807, 2.05) is 4.90 Å². The highest BCUT2D eigenvalue weighted by Crippen LogP contribution is 2.15. The lowest BCUT2D eigenvalue weighted by Gasteiger charge is -2.34. The summed E-state index contributed by atoms with van der Waals surface area (Å²) in [6.45, 7) is 9.74. The van der Waals surface area contributed by atoms with Crippen LogP contribution in [0.15, 0.2) is 12.1 Å². The minimum absolute atomic E-state index is 0.0904. The number of anilines is 2. The number of hydrogen-bond acceptors (Lipinski definition) is 6. The van der Waals surface area contributed by atoms with Gasteiger partial charge in [-0.25, -0.2) is 4.79 Å². The van der Waals surface area contributed by atoms with Gasteiger partial charge in [-0.1, -0.05) is 0 Å². The van der Waals surface area contributed by atoms with E-state index in [2.05, 4.69) is 20.4 Å². The van der Waals surface area contributed by atoms with Gasteiger partial charge in [-0.2, -0.15) is 0 Å². The fourth-order valence-electron chi connectivity index (χ4n) is 2.22. The Hall–Kier alpha value is -2.38. The van der Waals surface area contributed by atoms with Crippen LogP contribution in [-0.2, 0) is 9.53 Å². The Morgan fingerprint density at radius 1 is 1.13 bits per heavy atom. The minimum atomic E-state index is -0.562. The SMILES string of the molecule is CC(=O)N1CCN(c2ccc(NC(=O)OC(C)(C)C)nn2)CC1. The first-order valence-corrected chi connectivity index (χ1v) is 7.59. The van der Waals surface area contributed by atoms with Gasteiger partial charge in [-0.3, -0.25) is 10.1 Å². The molecular weight excluding hydrogens is 298 g/mol. The molecule has 126 valence electrons. The third kappa shape index (κ3) is 5.08. The topological polar surface area (TPSA) is 87.7 Å². The molecule has 2 amide bonds. The first kappa shape index (κ1) is 17.0. The Balaban J connectivity index is 1.90. The van der Waals surface area contributed by atoms with Crippen LogP contribution in [0.25, 0.3) is 0 Å². The number of carbonyl (C=O) groups is 2. The molecule has 0 radical (unpaired) electrons. The zero-order chi connectivity index (χ0) is 17.0.